The molecule has 2 N–H and O–H groups in total. The van der Waals surface area contributed by atoms with E-state index in [4.69, 9.17) is 26.5 Å². The molecule has 1 aromatic heterocycles. The van der Waals surface area contributed by atoms with Gasteiger partial charge in [0.25, 0.3) is 0 Å². The van der Waals surface area contributed by atoms with Gasteiger partial charge in [-0.15, -0.1) is 0 Å². The average Bonchev–Trinajstić information content (AvgIpc) is 2.98. The summed E-state index contributed by atoms with van der Waals surface area (Å²) in [5, 5.41) is 0.434. The molecule has 5 heteroatoms. The van der Waals surface area contributed by atoms with Gasteiger partial charge in [-0.05, 0) is 48.6 Å². The number of halogens is 1. The highest BCUT2D eigenvalue weighted by molar-refractivity contribution is 7.99. The second-order valence-electron chi connectivity index (χ2n) is 5.26. The summed E-state index contributed by atoms with van der Waals surface area (Å²) < 4.78 is 11.2. The predicted octanol–water partition coefficient (Wildman–Crippen LogP) is 3.24. The van der Waals surface area contributed by atoms with E-state index < -0.39 is 0 Å². The Labute approximate surface area is 116 Å². The molecule has 0 radical (unpaired) electrons. The minimum atomic E-state index is -0.0392. The second-order valence-corrected chi connectivity index (χ2v) is 6.71. The molecular formula is C13H18ClNO2S. The van der Waals surface area contributed by atoms with Crippen LogP contribution < -0.4 is 5.73 Å². The lowest BCUT2D eigenvalue weighted by atomic mass is 9.80. The lowest BCUT2D eigenvalue weighted by molar-refractivity contribution is -0.0834. The second kappa shape index (κ2) is 5.08. The zero-order valence-electron chi connectivity index (χ0n) is 10.2. The maximum Gasteiger partial charge on any atom is 0.197 e. The van der Waals surface area contributed by atoms with Crippen LogP contribution in [0.15, 0.2) is 16.7 Å². The van der Waals surface area contributed by atoms with Crippen LogP contribution in [0, 0.1) is 5.92 Å². The van der Waals surface area contributed by atoms with Gasteiger partial charge in [-0.3, -0.25) is 0 Å². The van der Waals surface area contributed by atoms with Crippen LogP contribution in [0.4, 0.5) is 0 Å². The van der Waals surface area contributed by atoms with Crippen molar-refractivity contribution in [2.45, 2.75) is 30.9 Å². The number of hydrogen-bond acceptors (Lipinski definition) is 4. The fourth-order valence-corrected chi connectivity index (χ4v) is 4.65. The third-order valence-electron chi connectivity index (χ3n) is 4.11. The number of furan rings is 1. The highest BCUT2D eigenvalue weighted by atomic mass is 35.5. The van der Waals surface area contributed by atoms with Crippen LogP contribution in [-0.2, 0) is 4.74 Å². The summed E-state index contributed by atoms with van der Waals surface area (Å²) in [5.41, 5.74) is 7.36. The topological polar surface area (TPSA) is 48.4 Å². The summed E-state index contributed by atoms with van der Waals surface area (Å²) >= 11 is 8.01. The minimum absolute atomic E-state index is 0.0392. The summed E-state index contributed by atoms with van der Waals surface area (Å²) in [5.74, 6) is 2.75. The summed E-state index contributed by atoms with van der Waals surface area (Å²) in [6, 6.07) is 1.85. The molecule has 0 amide bonds. The fourth-order valence-electron chi connectivity index (χ4n) is 3.03. The van der Waals surface area contributed by atoms with E-state index in [0.29, 0.717) is 11.1 Å². The molecule has 100 valence electrons. The average molecular weight is 288 g/mol. The largest absolute Gasteiger partial charge is 0.453 e. The highest BCUT2D eigenvalue weighted by Gasteiger charge is 2.42. The molecule has 2 saturated heterocycles. The Bertz CT molecular complexity index is 417. The Morgan fingerprint density at radius 3 is 3.11 bits per heavy atom. The first-order valence-corrected chi connectivity index (χ1v) is 7.94. The lowest BCUT2D eigenvalue weighted by Gasteiger charge is -2.39. The van der Waals surface area contributed by atoms with Crippen LogP contribution in [-0.4, -0.2) is 23.7 Å². The molecule has 3 nitrogen and oxygen atoms in total. The molecule has 0 aliphatic carbocycles. The van der Waals surface area contributed by atoms with E-state index in [-0.39, 0.29) is 11.6 Å². The van der Waals surface area contributed by atoms with Crippen molar-refractivity contribution in [3.63, 3.8) is 0 Å². The van der Waals surface area contributed by atoms with E-state index in [1.807, 2.05) is 17.8 Å². The smallest absolute Gasteiger partial charge is 0.197 e. The van der Waals surface area contributed by atoms with Gasteiger partial charge < -0.3 is 14.9 Å². The highest BCUT2D eigenvalue weighted by Crippen LogP contribution is 2.44. The first-order chi connectivity index (χ1) is 8.70. The normalized spacial score (nSPS) is 34.0. The van der Waals surface area contributed by atoms with Gasteiger partial charge >= 0.3 is 0 Å². The maximum atomic E-state index is 6.36. The Balaban J connectivity index is 1.74. The van der Waals surface area contributed by atoms with Crippen LogP contribution >= 0.6 is 23.4 Å². The van der Waals surface area contributed by atoms with Crippen LogP contribution in [0.5, 0.6) is 0 Å². The first-order valence-electron chi connectivity index (χ1n) is 6.40. The third kappa shape index (κ3) is 2.31. The quantitative estimate of drug-likeness (QED) is 0.907. The van der Waals surface area contributed by atoms with E-state index in [1.54, 1.807) is 6.26 Å². The van der Waals surface area contributed by atoms with Crippen molar-refractivity contribution < 1.29 is 9.15 Å². The number of nitrogens with two attached hydrogens (primary N) is 1. The van der Waals surface area contributed by atoms with Crippen LogP contribution in [0.25, 0.3) is 0 Å². The van der Waals surface area contributed by atoms with Crippen LogP contribution in [0.2, 0.25) is 5.22 Å². The Morgan fingerprint density at radius 2 is 2.44 bits per heavy atom. The van der Waals surface area contributed by atoms with E-state index >= 15 is 0 Å². The maximum absolute atomic E-state index is 6.36. The summed E-state index contributed by atoms with van der Waals surface area (Å²) in [4.78, 5) is 0. The monoisotopic (exact) mass is 287 g/mol. The summed E-state index contributed by atoms with van der Waals surface area (Å²) in [6.45, 7) is 0.814. The molecule has 3 heterocycles. The van der Waals surface area contributed by atoms with Crippen molar-refractivity contribution >= 4 is 23.4 Å². The molecule has 3 atom stereocenters. The molecule has 2 fully saturated rings. The predicted molar refractivity (Wildman–Crippen MR) is 74.0 cm³/mol. The molecule has 3 unspecified atom stereocenters. The Hall–Kier alpha value is -0.160. The van der Waals surface area contributed by atoms with Gasteiger partial charge in [0.1, 0.15) is 0 Å². The van der Waals surface area contributed by atoms with Gasteiger partial charge in [-0.1, -0.05) is 0 Å². The van der Waals surface area contributed by atoms with Gasteiger partial charge in [0, 0.05) is 24.0 Å². The summed E-state index contributed by atoms with van der Waals surface area (Å²) in [6.07, 6.45) is 4.82. The molecule has 3 rings (SSSR count). The van der Waals surface area contributed by atoms with Gasteiger partial charge in [-0.2, -0.15) is 11.8 Å². The fraction of sp³-hybridized carbons (Fsp3) is 0.692. The van der Waals surface area contributed by atoms with Crippen molar-refractivity contribution in [1.82, 2.24) is 0 Å². The molecule has 0 aromatic carbocycles. The number of ether oxygens (including phenoxy) is 1. The van der Waals surface area contributed by atoms with Gasteiger partial charge in [-0.25, -0.2) is 0 Å². The minimum Gasteiger partial charge on any atom is -0.453 e. The van der Waals surface area contributed by atoms with Crippen molar-refractivity contribution in [2.24, 2.45) is 11.7 Å². The van der Waals surface area contributed by atoms with Gasteiger partial charge in [0.15, 0.2) is 5.22 Å². The molecule has 1 aromatic rings. The van der Waals surface area contributed by atoms with E-state index in [2.05, 4.69) is 0 Å². The third-order valence-corrected chi connectivity index (χ3v) is 5.64. The molecule has 18 heavy (non-hydrogen) atoms. The Morgan fingerprint density at radius 1 is 1.56 bits per heavy atom. The van der Waals surface area contributed by atoms with Gasteiger partial charge in [0.05, 0.1) is 11.9 Å². The number of thioether (sulfide) groups is 1. The van der Waals surface area contributed by atoms with Crippen LogP contribution in [0.3, 0.4) is 0 Å². The SMILES string of the molecule is NC(c1ccoc1Cl)C1CCOC2(CCSC2)C1. The van der Waals surface area contributed by atoms with Crippen molar-refractivity contribution in [3.8, 4) is 0 Å². The molecular weight excluding hydrogens is 270 g/mol. The molecule has 2 aliphatic heterocycles. The number of hydrogen-bond donors (Lipinski definition) is 1. The van der Waals surface area contributed by atoms with E-state index in [0.717, 1.165) is 37.2 Å². The molecule has 0 saturated carbocycles. The Kier molecular flexibility index (Phi) is 3.63. The van der Waals surface area contributed by atoms with Gasteiger partial charge in [0.2, 0.25) is 0 Å². The molecule has 0 bridgehead atoms. The standard InChI is InChI=1S/C13H18ClNO2S/c14-12-10(2-4-16-12)11(15)9-1-5-17-13(7-9)3-6-18-8-13/h2,4,9,11H,1,3,5-8,15H2. The lowest BCUT2D eigenvalue weighted by Crippen LogP contribution is -2.42. The number of rotatable bonds is 2. The van der Waals surface area contributed by atoms with Crippen molar-refractivity contribution in [1.29, 1.82) is 0 Å². The molecule has 2 aliphatic rings. The summed E-state index contributed by atoms with van der Waals surface area (Å²) in [7, 11) is 0. The zero-order chi connectivity index (χ0) is 12.6. The molecule has 1 spiro atoms. The van der Waals surface area contributed by atoms with Crippen molar-refractivity contribution in [3.05, 3.63) is 23.1 Å². The zero-order valence-corrected chi connectivity index (χ0v) is 11.8. The van der Waals surface area contributed by atoms with E-state index in [9.17, 15) is 0 Å². The van der Waals surface area contributed by atoms with E-state index in [1.165, 1.54) is 5.75 Å². The first kappa shape index (κ1) is 12.9. The van der Waals surface area contributed by atoms with Crippen molar-refractivity contribution in [2.75, 3.05) is 18.1 Å². The van der Waals surface area contributed by atoms with Crippen LogP contribution in [0.1, 0.15) is 30.9 Å².